The third kappa shape index (κ3) is 3.15. The SMILES string of the molecule is C=C1C(Br)=CC=C(c2ccccc2Br)N1CC(F)F. The zero-order valence-electron chi connectivity index (χ0n) is 9.91. The topological polar surface area (TPSA) is 3.24 Å². The fraction of sp³-hybridized carbons (Fsp3) is 0.143. The zero-order valence-corrected chi connectivity index (χ0v) is 13.1. The van der Waals surface area contributed by atoms with Gasteiger partial charge in [-0.05, 0) is 34.1 Å². The van der Waals surface area contributed by atoms with Crippen molar-refractivity contribution in [1.82, 2.24) is 4.90 Å². The van der Waals surface area contributed by atoms with Gasteiger partial charge in [-0.25, -0.2) is 8.78 Å². The number of nitrogens with zero attached hydrogens (tertiary/aromatic N) is 1. The highest BCUT2D eigenvalue weighted by Crippen LogP contribution is 2.36. The van der Waals surface area contributed by atoms with E-state index in [0.717, 1.165) is 10.0 Å². The summed E-state index contributed by atoms with van der Waals surface area (Å²) in [6, 6.07) is 7.52. The van der Waals surface area contributed by atoms with E-state index < -0.39 is 6.43 Å². The first kappa shape index (κ1) is 14.5. The minimum atomic E-state index is -2.43. The number of halogens is 4. The molecule has 5 heteroatoms. The molecule has 0 fully saturated rings. The highest BCUT2D eigenvalue weighted by molar-refractivity contribution is 9.12. The van der Waals surface area contributed by atoms with Crippen LogP contribution in [-0.2, 0) is 0 Å². The minimum absolute atomic E-state index is 0.380. The molecule has 1 aromatic carbocycles. The van der Waals surface area contributed by atoms with Crippen molar-refractivity contribution >= 4 is 37.6 Å². The molecule has 0 unspecified atom stereocenters. The maximum atomic E-state index is 12.8. The summed E-state index contributed by atoms with van der Waals surface area (Å²) in [6.45, 7) is 3.48. The van der Waals surface area contributed by atoms with Crippen LogP contribution in [0.15, 0.2) is 57.6 Å². The molecule has 1 aliphatic rings. The summed E-state index contributed by atoms with van der Waals surface area (Å²) in [7, 11) is 0. The third-order valence-electron chi connectivity index (χ3n) is 2.75. The van der Waals surface area contributed by atoms with Crippen molar-refractivity contribution in [2.24, 2.45) is 0 Å². The Morgan fingerprint density at radius 2 is 1.84 bits per heavy atom. The van der Waals surface area contributed by atoms with E-state index in [-0.39, 0.29) is 6.54 Å². The van der Waals surface area contributed by atoms with Gasteiger partial charge in [-0.3, -0.25) is 0 Å². The lowest BCUT2D eigenvalue weighted by Crippen LogP contribution is -2.28. The van der Waals surface area contributed by atoms with Gasteiger partial charge in [-0.2, -0.15) is 0 Å². The molecule has 0 spiro atoms. The van der Waals surface area contributed by atoms with Crippen molar-refractivity contribution in [2.75, 3.05) is 6.54 Å². The minimum Gasteiger partial charge on any atom is -0.335 e. The van der Waals surface area contributed by atoms with E-state index in [2.05, 4.69) is 38.4 Å². The molecule has 1 nitrogen and oxygen atoms in total. The van der Waals surface area contributed by atoms with Crippen LogP contribution in [0.5, 0.6) is 0 Å². The summed E-state index contributed by atoms with van der Waals surface area (Å²) in [5, 5.41) is 0. The molecule has 0 aromatic heterocycles. The predicted molar refractivity (Wildman–Crippen MR) is 81.0 cm³/mol. The molecule has 0 amide bonds. The van der Waals surface area contributed by atoms with Crippen molar-refractivity contribution in [1.29, 1.82) is 0 Å². The van der Waals surface area contributed by atoms with Crippen LogP contribution in [0.2, 0.25) is 0 Å². The van der Waals surface area contributed by atoms with Gasteiger partial charge in [0.1, 0.15) is 0 Å². The van der Waals surface area contributed by atoms with Gasteiger partial charge in [-0.1, -0.05) is 40.7 Å². The van der Waals surface area contributed by atoms with E-state index in [9.17, 15) is 8.78 Å². The van der Waals surface area contributed by atoms with Crippen LogP contribution in [0.3, 0.4) is 0 Å². The molecule has 19 heavy (non-hydrogen) atoms. The largest absolute Gasteiger partial charge is 0.335 e. The smallest absolute Gasteiger partial charge is 0.256 e. The van der Waals surface area contributed by atoms with E-state index >= 15 is 0 Å². The maximum Gasteiger partial charge on any atom is 0.256 e. The van der Waals surface area contributed by atoms with Gasteiger partial charge in [0.2, 0.25) is 0 Å². The Hall–Kier alpha value is -0.940. The van der Waals surface area contributed by atoms with Crippen molar-refractivity contribution in [2.45, 2.75) is 6.43 Å². The number of allylic oxidation sites excluding steroid dienone is 3. The molecular weight excluding hydrogens is 380 g/mol. The second-order valence-corrected chi connectivity index (χ2v) is 5.70. The van der Waals surface area contributed by atoms with Gasteiger partial charge in [0.05, 0.1) is 6.54 Å². The molecule has 1 aliphatic heterocycles. The van der Waals surface area contributed by atoms with Crippen LogP contribution in [0, 0.1) is 0 Å². The van der Waals surface area contributed by atoms with Crippen LogP contribution in [0.1, 0.15) is 5.56 Å². The standard InChI is InChI=1S/C14H11Br2F2N/c1-9-11(15)6-7-13(19(9)8-14(17)18)10-4-2-3-5-12(10)16/h2-7,14H,1,8H2. The van der Waals surface area contributed by atoms with Gasteiger partial charge in [0, 0.05) is 25.9 Å². The highest BCUT2D eigenvalue weighted by Gasteiger charge is 2.23. The Labute approximate surface area is 127 Å². The zero-order chi connectivity index (χ0) is 14.0. The summed E-state index contributed by atoms with van der Waals surface area (Å²) in [4.78, 5) is 1.52. The summed E-state index contributed by atoms with van der Waals surface area (Å²) >= 11 is 6.76. The number of benzene rings is 1. The quantitative estimate of drug-likeness (QED) is 0.688. The molecule has 0 aliphatic carbocycles. The van der Waals surface area contributed by atoms with E-state index in [1.807, 2.05) is 30.3 Å². The maximum absolute atomic E-state index is 12.8. The van der Waals surface area contributed by atoms with Gasteiger partial charge in [0.15, 0.2) is 0 Å². The fourth-order valence-corrected chi connectivity index (χ4v) is 2.70. The van der Waals surface area contributed by atoms with Crippen LogP contribution in [0.25, 0.3) is 5.70 Å². The predicted octanol–water partition coefficient (Wildman–Crippen LogP) is 5.16. The monoisotopic (exact) mass is 389 g/mol. The average molecular weight is 391 g/mol. The Kier molecular flexibility index (Phi) is 4.58. The fourth-order valence-electron chi connectivity index (χ4n) is 1.86. The molecule has 1 heterocycles. The third-order valence-corrected chi connectivity index (χ3v) is 4.16. The van der Waals surface area contributed by atoms with Crippen LogP contribution < -0.4 is 0 Å². The molecule has 0 saturated heterocycles. The lowest BCUT2D eigenvalue weighted by molar-refractivity contribution is 0.123. The van der Waals surface area contributed by atoms with Crippen molar-refractivity contribution in [3.8, 4) is 0 Å². The molecule has 2 rings (SSSR count). The summed E-state index contributed by atoms with van der Waals surface area (Å²) in [6.07, 6.45) is 1.20. The molecule has 0 saturated carbocycles. The lowest BCUT2D eigenvalue weighted by Gasteiger charge is -2.31. The average Bonchev–Trinajstić information content (AvgIpc) is 2.36. The van der Waals surface area contributed by atoms with E-state index in [4.69, 9.17) is 0 Å². The highest BCUT2D eigenvalue weighted by atomic mass is 79.9. The molecule has 0 radical (unpaired) electrons. The number of hydrogen-bond donors (Lipinski definition) is 0. The Morgan fingerprint density at radius 3 is 2.47 bits per heavy atom. The van der Waals surface area contributed by atoms with Gasteiger partial charge in [0.25, 0.3) is 6.43 Å². The number of hydrogen-bond acceptors (Lipinski definition) is 1. The normalized spacial score (nSPS) is 15.6. The lowest BCUT2D eigenvalue weighted by atomic mass is 10.1. The Balaban J connectivity index is 2.46. The van der Waals surface area contributed by atoms with E-state index in [1.54, 1.807) is 6.08 Å². The summed E-state index contributed by atoms with van der Waals surface area (Å²) < 4.78 is 27.1. The summed E-state index contributed by atoms with van der Waals surface area (Å²) in [5.74, 6) is 0. The van der Waals surface area contributed by atoms with Gasteiger partial charge >= 0.3 is 0 Å². The second-order valence-electron chi connectivity index (χ2n) is 3.99. The molecule has 0 bridgehead atoms. The van der Waals surface area contributed by atoms with Crippen LogP contribution in [-0.4, -0.2) is 17.9 Å². The molecule has 0 atom stereocenters. The molecule has 0 N–H and O–H groups in total. The summed E-state index contributed by atoms with van der Waals surface area (Å²) in [5.41, 5.74) is 2.11. The van der Waals surface area contributed by atoms with Crippen molar-refractivity contribution in [3.05, 3.63) is 63.2 Å². The van der Waals surface area contributed by atoms with Crippen LogP contribution >= 0.6 is 31.9 Å². The second kappa shape index (κ2) is 6.01. The van der Waals surface area contributed by atoms with E-state index in [0.29, 0.717) is 15.9 Å². The van der Waals surface area contributed by atoms with E-state index in [1.165, 1.54) is 4.90 Å². The van der Waals surface area contributed by atoms with Crippen LogP contribution in [0.4, 0.5) is 8.78 Å². The number of alkyl halides is 2. The first-order chi connectivity index (χ1) is 9.00. The number of rotatable bonds is 3. The van der Waals surface area contributed by atoms with Crippen molar-refractivity contribution < 1.29 is 8.78 Å². The van der Waals surface area contributed by atoms with Crippen molar-refractivity contribution in [3.63, 3.8) is 0 Å². The molecule has 100 valence electrons. The first-order valence-corrected chi connectivity index (χ1v) is 7.16. The first-order valence-electron chi connectivity index (χ1n) is 5.58. The molecule has 1 aromatic rings. The molecular formula is C14H11Br2F2N. The van der Waals surface area contributed by atoms with Gasteiger partial charge in [-0.15, -0.1) is 0 Å². The Bertz CT molecular complexity index is 564. The van der Waals surface area contributed by atoms with Gasteiger partial charge < -0.3 is 4.90 Å². The Morgan fingerprint density at radius 1 is 1.16 bits per heavy atom.